The molecule has 2 aromatic carbocycles. The molecule has 0 spiro atoms. The number of ether oxygens (including phenoxy) is 1. The Morgan fingerprint density at radius 2 is 1.74 bits per heavy atom. The minimum atomic E-state index is -3.62. The third-order valence-electron chi connectivity index (χ3n) is 6.89. The van der Waals surface area contributed by atoms with Crippen LogP contribution in [0.25, 0.3) is 0 Å². The summed E-state index contributed by atoms with van der Waals surface area (Å²) in [5.74, 6) is 0.0346. The second-order valence-corrected chi connectivity index (χ2v) is 12.1. The first-order valence-electron chi connectivity index (χ1n) is 13.0. The van der Waals surface area contributed by atoms with E-state index in [1.54, 1.807) is 48.2 Å². The van der Waals surface area contributed by atoms with Crippen molar-refractivity contribution in [3.63, 3.8) is 0 Å². The third-order valence-corrected chi connectivity index (χ3v) is 8.32. The summed E-state index contributed by atoms with van der Waals surface area (Å²) in [6.07, 6.45) is 6.76. The number of carbonyl (C=O) groups excluding carboxylic acids is 2. The van der Waals surface area contributed by atoms with Gasteiger partial charge in [0, 0.05) is 30.6 Å². The second-order valence-electron chi connectivity index (χ2n) is 9.78. The topological polar surface area (TPSA) is 96.0 Å². The Morgan fingerprint density at radius 1 is 1.08 bits per heavy atom. The second kappa shape index (κ2) is 13.8. The normalized spacial score (nSPS) is 14.9. The zero-order valence-corrected chi connectivity index (χ0v) is 23.9. The van der Waals surface area contributed by atoms with Crippen LogP contribution in [0, 0.1) is 0 Å². The maximum atomic E-state index is 13.5. The van der Waals surface area contributed by atoms with Crippen molar-refractivity contribution in [2.45, 2.75) is 70.5 Å². The van der Waals surface area contributed by atoms with E-state index in [1.807, 2.05) is 12.1 Å². The molecule has 10 heteroatoms. The molecule has 0 saturated heterocycles. The van der Waals surface area contributed by atoms with Crippen molar-refractivity contribution in [2.75, 3.05) is 24.2 Å². The molecule has 0 radical (unpaired) electrons. The molecule has 0 unspecified atom stereocenters. The van der Waals surface area contributed by atoms with E-state index in [9.17, 15) is 18.0 Å². The summed E-state index contributed by atoms with van der Waals surface area (Å²) >= 11 is 6.03. The Morgan fingerprint density at radius 3 is 2.37 bits per heavy atom. The maximum Gasteiger partial charge on any atom is 0.242 e. The van der Waals surface area contributed by atoms with E-state index in [-0.39, 0.29) is 43.8 Å². The Balaban J connectivity index is 1.73. The van der Waals surface area contributed by atoms with E-state index >= 15 is 0 Å². The first-order valence-corrected chi connectivity index (χ1v) is 15.3. The van der Waals surface area contributed by atoms with Gasteiger partial charge in [0.2, 0.25) is 21.8 Å². The number of rotatable bonds is 12. The van der Waals surface area contributed by atoms with E-state index in [1.165, 1.54) is 17.8 Å². The molecule has 1 aliphatic carbocycles. The summed E-state index contributed by atoms with van der Waals surface area (Å²) in [6, 6.07) is 13.5. The number of methoxy groups -OCH3 is 1. The summed E-state index contributed by atoms with van der Waals surface area (Å²) in [4.78, 5) is 28.2. The SMILES string of the molecule is COc1ccccc1N(CCCC(=O)N(Cc1ccc(Cl)cc1)[C@@H](C)C(=O)NC1CCCCC1)S(C)(=O)=O. The molecule has 38 heavy (non-hydrogen) atoms. The molecule has 0 aliphatic heterocycles. The minimum absolute atomic E-state index is 0.0792. The average molecular weight is 564 g/mol. The molecule has 0 heterocycles. The molecule has 0 aromatic heterocycles. The van der Waals surface area contributed by atoms with Crippen LogP contribution in [-0.2, 0) is 26.2 Å². The van der Waals surface area contributed by atoms with Gasteiger partial charge >= 0.3 is 0 Å². The maximum absolute atomic E-state index is 13.5. The predicted molar refractivity (Wildman–Crippen MR) is 151 cm³/mol. The lowest BCUT2D eigenvalue weighted by Crippen LogP contribution is -2.50. The van der Waals surface area contributed by atoms with Crippen LogP contribution in [0.1, 0.15) is 57.4 Å². The highest BCUT2D eigenvalue weighted by atomic mass is 35.5. The van der Waals surface area contributed by atoms with Crippen LogP contribution in [0.3, 0.4) is 0 Å². The van der Waals surface area contributed by atoms with Crippen LogP contribution in [0.4, 0.5) is 5.69 Å². The number of para-hydroxylation sites is 2. The number of halogens is 1. The van der Waals surface area contributed by atoms with Crippen LogP contribution >= 0.6 is 11.6 Å². The van der Waals surface area contributed by atoms with Crippen molar-refractivity contribution in [3.8, 4) is 5.75 Å². The van der Waals surface area contributed by atoms with Crippen molar-refractivity contribution in [2.24, 2.45) is 0 Å². The summed E-state index contributed by atoms with van der Waals surface area (Å²) in [6.45, 7) is 2.09. The number of amides is 2. The van der Waals surface area contributed by atoms with E-state index < -0.39 is 16.1 Å². The smallest absolute Gasteiger partial charge is 0.242 e. The average Bonchev–Trinajstić information content (AvgIpc) is 2.90. The first kappa shape index (κ1) is 29.8. The largest absolute Gasteiger partial charge is 0.495 e. The van der Waals surface area contributed by atoms with E-state index in [2.05, 4.69) is 5.32 Å². The highest BCUT2D eigenvalue weighted by molar-refractivity contribution is 7.92. The van der Waals surface area contributed by atoms with Crippen molar-refractivity contribution < 1.29 is 22.7 Å². The van der Waals surface area contributed by atoms with Crippen molar-refractivity contribution >= 4 is 39.1 Å². The molecular weight excluding hydrogens is 526 g/mol. The molecule has 1 aliphatic rings. The fourth-order valence-electron chi connectivity index (χ4n) is 4.76. The van der Waals surface area contributed by atoms with E-state index in [0.29, 0.717) is 16.5 Å². The molecule has 0 bridgehead atoms. The Labute approximate surface area is 231 Å². The molecule has 2 aromatic rings. The summed E-state index contributed by atoms with van der Waals surface area (Å²) < 4.78 is 31.8. The number of sulfonamides is 1. The number of hydrogen-bond acceptors (Lipinski definition) is 5. The third kappa shape index (κ3) is 8.36. The van der Waals surface area contributed by atoms with Gasteiger partial charge in [-0.25, -0.2) is 8.42 Å². The number of nitrogens with zero attached hydrogens (tertiary/aromatic N) is 2. The number of benzene rings is 2. The molecule has 1 saturated carbocycles. The van der Waals surface area contributed by atoms with Gasteiger partial charge in [0.15, 0.2) is 0 Å². The van der Waals surface area contributed by atoms with Crippen molar-refractivity contribution in [1.29, 1.82) is 0 Å². The molecule has 208 valence electrons. The number of carbonyl (C=O) groups is 2. The lowest BCUT2D eigenvalue weighted by molar-refractivity contribution is -0.141. The Bertz CT molecular complexity index is 1180. The minimum Gasteiger partial charge on any atom is -0.495 e. The monoisotopic (exact) mass is 563 g/mol. The van der Waals surface area contributed by atoms with E-state index in [0.717, 1.165) is 37.5 Å². The highest BCUT2D eigenvalue weighted by Crippen LogP contribution is 2.30. The molecule has 8 nitrogen and oxygen atoms in total. The molecular formula is C28H38ClN3O5S. The highest BCUT2D eigenvalue weighted by Gasteiger charge is 2.28. The molecule has 1 N–H and O–H groups in total. The zero-order chi connectivity index (χ0) is 27.7. The van der Waals surface area contributed by atoms with Gasteiger partial charge < -0.3 is 15.0 Å². The number of anilines is 1. The van der Waals surface area contributed by atoms with Gasteiger partial charge in [-0.15, -0.1) is 0 Å². The van der Waals surface area contributed by atoms with Crippen molar-refractivity contribution in [1.82, 2.24) is 10.2 Å². The summed E-state index contributed by atoms with van der Waals surface area (Å²) in [5.41, 5.74) is 1.27. The molecule has 2 amide bonds. The van der Waals surface area contributed by atoms with Crippen LogP contribution in [0.2, 0.25) is 5.02 Å². The van der Waals surface area contributed by atoms with Crippen LogP contribution in [0.15, 0.2) is 48.5 Å². The van der Waals surface area contributed by atoms with E-state index in [4.69, 9.17) is 16.3 Å². The van der Waals surface area contributed by atoms with Gasteiger partial charge in [-0.1, -0.05) is 55.1 Å². The number of hydrogen-bond donors (Lipinski definition) is 1. The molecule has 1 atom stereocenters. The summed E-state index contributed by atoms with van der Waals surface area (Å²) in [7, 11) is -2.13. The quantitative estimate of drug-likeness (QED) is 0.401. The van der Waals surface area contributed by atoms with Crippen LogP contribution in [-0.4, -0.2) is 57.1 Å². The van der Waals surface area contributed by atoms with Crippen LogP contribution < -0.4 is 14.4 Å². The van der Waals surface area contributed by atoms with Gasteiger partial charge in [-0.3, -0.25) is 13.9 Å². The van der Waals surface area contributed by atoms with Gasteiger partial charge in [0.1, 0.15) is 11.8 Å². The Kier molecular flexibility index (Phi) is 10.8. The van der Waals surface area contributed by atoms with Crippen LogP contribution in [0.5, 0.6) is 5.75 Å². The molecule has 1 fully saturated rings. The lowest BCUT2D eigenvalue weighted by Gasteiger charge is -2.31. The van der Waals surface area contributed by atoms with Gasteiger partial charge in [-0.2, -0.15) is 0 Å². The van der Waals surface area contributed by atoms with Gasteiger partial charge in [0.05, 0.1) is 19.1 Å². The fourth-order valence-corrected chi connectivity index (χ4v) is 5.85. The Hall–Kier alpha value is -2.78. The fraction of sp³-hybridized carbons (Fsp3) is 0.500. The zero-order valence-electron chi connectivity index (χ0n) is 22.4. The number of nitrogens with one attached hydrogen (secondary N) is 1. The standard InChI is InChI=1S/C28H38ClN3O5S/c1-21(28(34)30-24-10-5-4-6-11-24)31(20-22-15-17-23(29)18-16-22)27(33)14-9-19-32(38(3,35)36)25-12-7-8-13-26(25)37-2/h7-8,12-13,15-18,21,24H,4-6,9-11,14,19-20H2,1-3H3,(H,30,34)/t21-/m0/s1. The first-order chi connectivity index (χ1) is 18.1. The van der Waals surface area contributed by atoms with Gasteiger partial charge in [0.25, 0.3) is 0 Å². The molecule has 3 rings (SSSR count). The predicted octanol–water partition coefficient (Wildman–Crippen LogP) is 4.76. The van der Waals surface area contributed by atoms with Gasteiger partial charge in [-0.05, 0) is 56.0 Å². The lowest BCUT2D eigenvalue weighted by atomic mass is 9.95. The van der Waals surface area contributed by atoms with Crippen molar-refractivity contribution in [3.05, 3.63) is 59.1 Å². The summed E-state index contributed by atoms with van der Waals surface area (Å²) in [5, 5.41) is 3.71.